The number of benzene rings is 1. The first kappa shape index (κ1) is 52.7. The predicted octanol–water partition coefficient (Wildman–Crippen LogP) is 1.78. The van der Waals surface area contributed by atoms with Crippen molar-refractivity contribution in [1.82, 2.24) is 29.8 Å². The minimum Gasteiger partial charge on any atom is -0.484 e. The number of carbonyl (C=O) groups excluding carboxylic acids is 9. The van der Waals surface area contributed by atoms with Gasteiger partial charge in [0.1, 0.15) is 48.9 Å². The van der Waals surface area contributed by atoms with Gasteiger partial charge in [0, 0.05) is 52.9 Å². The Morgan fingerprint density at radius 3 is 2.17 bits per heavy atom. The molecule has 4 unspecified atom stereocenters. The Balaban J connectivity index is 1.57. The Bertz CT molecular complexity index is 2040. The summed E-state index contributed by atoms with van der Waals surface area (Å²) >= 11 is 0. The van der Waals surface area contributed by atoms with Gasteiger partial charge in [-0.1, -0.05) is 6.08 Å². The van der Waals surface area contributed by atoms with Crippen LogP contribution in [0.3, 0.4) is 0 Å². The highest BCUT2D eigenvalue weighted by molar-refractivity contribution is 6.38. The molecule has 4 atom stereocenters. The van der Waals surface area contributed by atoms with E-state index in [0.717, 1.165) is 32.9 Å². The van der Waals surface area contributed by atoms with E-state index in [4.69, 9.17) is 18.9 Å². The summed E-state index contributed by atoms with van der Waals surface area (Å²) in [6.45, 7) is 7.93. The summed E-state index contributed by atoms with van der Waals surface area (Å²) in [5, 5.41) is 2.51. The molecule has 20 heteroatoms. The van der Waals surface area contributed by atoms with E-state index in [-0.39, 0.29) is 56.3 Å². The zero-order chi connectivity index (χ0) is 49.1. The number of hydrogen-bond donors (Lipinski definition) is 1. The Morgan fingerprint density at radius 2 is 1.47 bits per heavy atom. The molecular formula is C46H65FN6O13. The highest BCUT2D eigenvalue weighted by atomic mass is 19.1. The van der Waals surface area contributed by atoms with Crippen molar-refractivity contribution in [3.05, 3.63) is 41.7 Å². The molecule has 0 radical (unpaired) electrons. The third-order valence-electron chi connectivity index (χ3n) is 11.8. The fraction of sp³-hybridized carbons (Fsp3) is 0.630. The van der Waals surface area contributed by atoms with Gasteiger partial charge in [0.05, 0.1) is 24.2 Å². The van der Waals surface area contributed by atoms with Crippen LogP contribution >= 0.6 is 0 Å². The van der Waals surface area contributed by atoms with E-state index in [0.29, 0.717) is 25.7 Å². The summed E-state index contributed by atoms with van der Waals surface area (Å²) in [5.74, 6) is -7.16. The molecule has 2 fully saturated rings. The first-order valence-electron chi connectivity index (χ1n) is 22.2. The Hall–Kier alpha value is -5.92. The quantitative estimate of drug-likeness (QED) is 0.331. The number of amides is 6. The molecular weight excluding hydrogens is 864 g/mol. The number of likely N-dealkylation sites (N-methyl/N-ethyl adjacent to an activating group) is 3. The van der Waals surface area contributed by atoms with Gasteiger partial charge in [-0.05, 0) is 97.8 Å². The molecule has 3 aliphatic rings. The van der Waals surface area contributed by atoms with Crippen LogP contribution in [0.1, 0.15) is 85.6 Å². The molecule has 364 valence electrons. The van der Waals surface area contributed by atoms with Crippen molar-refractivity contribution >= 4 is 53.2 Å². The second-order valence-electron chi connectivity index (χ2n) is 18.5. The molecule has 2 bridgehead atoms. The van der Waals surface area contributed by atoms with E-state index in [9.17, 15) is 47.5 Å². The van der Waals surface area contributed by atoms with Crippen molar-refractivity contribution in [1.29, 1.82) is 0 Å². The van der Waals surface area contributed by atoms with E-state index in [1.165, 1.54) is 56.8 Å². The van der Waals surface area contributed by atoms with Gasteiger partial charge >= 0.3 is 11.9 Å². The van der Waals surface area contributed by atoms with Crippen LogP contribution in [0.5, 0.6) is 5.75 Å². The van der Waals surface area contributed by atoms with Crippen LogP contribution in [0.4, 0.5) is 4.39 Å². The molecule has 19 nitrogen and oxygen atoms in total. The van der Waals surface area contributed by atoms with E-state index < -0.39 is 115 Å². The van der Waals surface area contributed by atoms with Crippen molar-refractivity contribution in [2.75, 3.05) is 67.1 Å². The van der Waals surface area contributed by atoms with Crippen LogP contribution in [-0.4, -0.2) is 175 Å². The fourth-order valence-corrected chi connectivity index (χ4v) is 7.46. The van der Waals surface area contributed by atoms with Crippen LogP contribution in [0.25, 0.3) is 0 Å². The molecule has 3 aliphatic heterocycles. The molecule has 0 aliphatic carbocycles. The van der Waals surface area contributed by atoms with Crippen molar-refractivity contribution in [2.24, 2.45) is 5.41 Å². The van der Waals surface area contributed by atoms with Gasteiger partial charge < -0.3 is 48.8 Å². The normalized spacial score (nSPS) is 24.8. The average Bonchev–Trinajstić information content (AvgIpc) is 3.77. The Labute approximate surface area is 385 Å². The zero-order valence-corrected chi connectivity index (χ0v) is 39.5. The number of nitrogens with one attached hydrogen (secondary N) is 1. The van der Waals surface area contributed by atoms with Gasteiger partial charge in [-0.2, -0.15) is 0 Å². The lowest BCUT2D eigenvalue weighted by molar-refractivity contribution is -0.162. The number of ether oxygens (including phenoxy) is 4. The number of Topliss-reactive ketones (excluding diaryl/α,β-unsaturated/α-hetero) is 1. The molecule has 1 aromatic carbocycles. The maximum atomic E-state index is 14.7. The number of piperidine rings is 1. The second kappa shape index (κ2) is 23.0. The van der Waals surface area contributed by atoms with Crippen molar-refractivity contribution in [3.8, 4) is 5.75 Å². The highest BCUT2D eigenvalue weighted by Gasteiger charge is 2.43. The van der Waals surface area contributed by atoms with E-state index in [2.05, 4.69) is 5.32 Å². The maximum absolute atomic E-state index is 14.7. The minimum absolute atomic E-state index is 0.0830. The standard InChI is InChI=1S/C46H65FN6O13/c1-29-40(58)48-24-36(54)51(9)35(26-66-45(2,3)4)42(60)52-20-14-16-33(52)41(59)49(7)18-12-11-17-38(56)65-28-46(5,6)39(57)43(61)53-19-13-10-15-34(53)44(62)64-25-30-21-31(47)23-32(22-30)63-27-37(55)50(29)8/h11,17,21-23,29,33-35H,10,12-16,18-20,24-28H2,1-9H3,(H,48,58). The molecule has 0 aromatic heterocycles. The SMILES string of the molecule is CC1C(=O)NCC(=O)N(C)C(COC(C)(C)C)C(=O)N2CCCC2C(=O)N(C)CCC=CC(=O)OCC(C)(C)C(=O)C(=O)N2CCCCC2C(=O)OCc2cc(F)cc(c2)OCC(=O)N1C. The molecule has 0 spiro atoms. The van der Waals surface area contributed by atoms with E-state index in [1.807, 2.05) is 0 Å². The number of rotatable bonds is 2. The molecule has 6 amide bonds. The summed E-state index contributed by atoms with van der Waals surface area (Å²) in [5.41, 5.74) is -2.01. The Kier molecular flexibility index (Phi) is 18.4. The van der Waals surface area contributed by atoms with Gasteiger partial charge in [-0.3, -0.25) is 33.6 Å². The minimum atomic E-state index is -1.47. The van der Waals surface area contributed by atoms with Crippen LogP contribution in [0, 0.1) is 11.2 Å². The number of hydrogen-bond acceptors (Lipinski definition) is 13. The van der Waals surface area contributed by atoms with Gasteiger partial charge in [-0.25, -0.2) is 14.0 Å². The number of carbonyl (C=O) groups is 9. The third kappa shape index (κ3) is 14.3. The molecule has 3 heterocycles. The van der Waals surface area contributed by atoms with Gasteiger partial charge in [0.2, 0.25) is 29.4 Å². The van der Waals surface area contributed by atoms with Gasteiger partial charge in [-0.15, -0.1) is 0 Å². The lowest BCUT2D eigenvalue weighted by Gasteiger charge is -2.35. The largest absolute Gasteiger partial charge is 0.484 e. The topological polar surface area (TPSA) is 219 Å². The number of cyclic esters (lactones) is 2. The summed E-state index contributed by atoms with van der Waals surface area (Å²) in [6.07, 6.45) is 5.06. The summed E-state index contributed by atoms with van der Waals surface area (Å²) in [6, 6.07) is -0.756. The van der Waals surface area contributed by atoms with E-state index >= 15 is 0 Å². The van der Waals surface area contributed by atoms with Crippen LogP contribution < -0.4 is 10.1 Å². The molecule has 1 aromatic rings. The molecule has 2 saturated heterocycles. The van der Waals surface area contributed by atoms with Crippen molar-refractivity contribution < 1.29 is 66.5 Å². The molecule has 4 rings (SSSR count). The lowest BCUT2D eigenvalue weighted by atomic mass is 9.87. The smallest absolute Gasteiger partial charge is 0.330 e. The number of fused-ring (bicyclic) bond motifs is 4. The maximum Gasteiger partial charge on any atom is 0.330 e. The van der Waals surface area contributed by atoms with Crippen LogP contribution in [-0.2, 0) is 64.0 Å². The Morgan fingerprint density at radius 1 is 0.788 bits per heavy atom. The first-order chi connectivity index (χ1) is 30.9. The van der Waals surface area contributed by atoms with Gasteiger partial charge in [0.25, 0.3) is 11.8 Å². The first-order valence-corrected chi connectivity index (χ1v) is 22.2. The number of ketones is 1. The van der Waals surface area contributed by atoms with Gasteiger partial charge in [0.15, 0.2) is 6.61 Å². The zero-order valence-electron chi connectivity index (χ0n) is 39.5. The lowest BCUT2D eigenvalue weighted by Crippen LogP contribution is -2.57. The molecule has 66 heavy (non-hydrogen) atoms. The fourth-order valence-electron chi connectivity index (χ4n) is 7.46. The second-order valence-corrected chi connectivity index (χ2v) is 18.5. The van der Waals surface area contributed by atoms with Crippen molar-refractivity contribution in [3.63, 3.8) is 0 Å². The number of halogens is 1. The highest BCUT2D eigenvalue weighted by Crippen LogP contribution is 2.26. The molecule has 0 saturated carbocycles. The third-order valence-corrected chi connectivity index (χ3v) is 11.8. The van der Waals surface area contributed by atoms with Crippen molar-refractivity contribution in [2.45, 2.75) is 116 Å². The summed E-state index contributed by atoms with van der Waals surface area (Å²) in [4.78, 5) is 127. The average molecular weight is 929 g/mol. The monoisotopic (exact) mass is 928 g/mol. The summed E-state index contributed by atoms with van der Waals surface area (Å²) in [7, 11) is 4.31. The number of nitrogens with zero attached hydrogens (tertiary/aromatic N) is 5. The predicted molar refractivity (Wildman–Crippen MR) is 234 cm³/mol. The number of esters is 2. The summed E-state index contributed by atoms with van der Waals surface area (Å²) < 4.78 is 37.1. The van der Waals surface area contributed by atoms with Crippen LogP contribution in [0.2, 0.25) is 0 Å². The van der Waals surface area contributed by atoms with Crippen LogP contribution in [0.15, 0.2) is 30.4 Å². The molecule has 1 N–H and O–H groups in total. The van der Waals surface area contributed by atoms with E-state index in [1.54, 1.807) is 27.8 Å².